The van der Waals surface area contributed by atoms with E-state index in [0.717, 1.165) is 13.1 Å². The number of benzene rings is 2. The molecule has 4 rings (SSSR count). The Morgan fingerprint density at radius 1 is 1.05 bits per heavy atom. The summed E-state index contributed by atoms with van der Waals surface area (Å²) >= 11 is 0. The lowest BCUT2D eigenvalue weighted by atomic mass is 9.94. The molecule has 2 fully saturated rings. The summed E-state index contributed by atoms with van der Waals surface area (Å²) in [5.41, 5.74) is 0.988. The number of ketones is 1. The lowest BCUT2D eigenvalue weighted by molar-refractivity contribution is -0.140. The molecule has 2 saturated heterocycles. The molecule has 2 aromatic rings. The van der Waals surface area contributed by atoms with Crippen LogP contribution in [0.3, 0.4) is 0 Å². The van der Waals surface area contributed by atoms with Gasteiger partial charge in [0.1, 0.15) is 29.6 Å². The van der Waals surface area contributed by atoms with Gasteiger partial charge in [-0.2, -0.15) is 0 Å². The molecule has 2 heterocycles. The summed E-state index contributed by atoms with van der Waals surface area (Å²) in [5, 5.41) is 11.3. The number of carbonyl (C=O) groups excluding carboxylic acids is 2. The second-order valence-electron chi connectivity index (χ2n) is 8.68. The van der Waals surface area contributed by atoms with Crippen molar-refractivity contribution in [2.75, 3.05) is 60.2 Å². The van der Waals surface area contributed by atoms with E-state index in [1.165, 1.54) is 12.0 Å². The third kappa shape index (κ3) is 5.63. The summed E-state index contributed by atoms with van der Waals surface area (Å²) in [5.74, 6) is -0.0539. The largest absolute Gasteiger partial charge is 0.507 e. The quantitative estimate of drug-likeness (QED) is 0.226. The van der Waals surface area contributed by atoms with E-state index in [-0.39, 0.29) is 11.3 Å². The molecule has 1 atom stereocenters. The molecule has 0 aliphatic carbocycles. The normalized spacial score (nSPS) is 19.6. The fourth-order valence-corrected chi connectivity index (χ4v) is 4.57. The Hall–Kier alpha value is -3.82. The second-order valence-corrected chi connectivity index (χ2v) is 8.68. The van der Waals surface area contributed by atoms with Crippen LogP contribution in [0.5, 0.6) is 17.2 Å². The average molecular weight is 509 g/mol. The zero-order chi connectivity index (χ0) is 26.4. The molecule has 0 spiro atoms. The number of hydrogen-bond donors (Lipinski definition) is 1. The number of methoxy groups -OCH3 is 2. The van der Waals surface area contributed by atoms with Gasteiger partial charge in [0, 0.05) is 43.4 Å². The molecule has 0 bridgehead atoms. The lowest BCUT2D eigenvalue weighted by Crippen LogP contribution is -2.42. The van der Waals surface area contributed by atoms with Gasteiger partial charge in [0.25, 0.3) is 11.7 Å². The molecular weight excluding hydrogens is 476 g/mol. The number of Topliss-reactive ketones (excluding diaryl/α,β-unsaturated/α-hetero) is 1. The van der Waals surface area contributed by atoms with Crippen LogP contribution in [-0.2, 0) is 14.3 Å². The maximum Gasteiger partial charge on any atom is 0.295 e. The number of amides is 1. The smallest absolute Gasteiger partial charge is 0.295 e. The molecule has 196 valence electrons. The van der Waals surface area contributed by atoms with Gasteiger partial charge in [-0.25, -0.2) is 0 Å². The number of rotatable bonds is 10. The van der Waals surface area contributed by atoms with Crippen molar-refractivity contribution in [2.24, 2.45) is 0 Å². The van der Waals surface area contributed by atoms with E-state index in [4.69, 9.17) is 18.9 Å². The number of nitrogens with zero attached hydrogens (tertiary/aromatic N) is 2. The Labute approximate surface area is 216 Å². The van der Waals surface area contributed by atoms with E-state index in [9.17, 15) is 14.7 Å². The highest BCUT2D eigenvalue weighted by molar-refractivity contribution is 6.46. The van der Waals surface area contributed by atoms with Crippen LogP contribution in [0.1, 0.15) is 17.2 Å². The number of aliphatic hydroxyl groups excluding tert-OH is 1. The molecular formula is C28H32N2O7. The average Bonchev–Trinajstić information content (AvgIpc) is 3.19. The highest BCUT2D eigenvalue weighted by Crippen LogP contribution is 2.43. The molecule has 2 aromatic carbocycles. The molecule has 37 heavy (non-hydrogen) atoms. The minimum atomic E-state index is -0.835. The van der Waals surface area contributed by atoms with Crippen molar-refractivity contribution in [1.82, 2.24) is 9.80 Å². The zero-order valence-electron chi connectivity index (χ0n) is 21.1. The van der Waals surface area contributed by atoms with E-state index in [0.29, 0.717) is 61.3 Å². The first-order chi connectivity index (χ1) is 18.0. The van der Waals surface area contributed by atoms with Gasteiger partial charge in [-0.05, 0) is 36.4 Å². The Bertz CT molecular complexity index is 1170. The maximum atomic E-state index is 13.4. The number of aliphatic hydroxyl groups is 1. The molecule has 0 aromatic heterocycles. The molecule has 1 unspecified atom stereocenters. The molecule has 1 amide bonds. The highest BCUT2D eigenvalue weighted by Gasteiger charge is 2.47. The van der Waals surface area contributed by atoms with E-state index >= 15 is 0 Å². The molecule has 1 N–H and O–H groups in total. The van der Waals surface area contributed by atoms with E-state index in [1.54, 1.807) is 55.7 Å². The van der Waals surface area contributed by atoms with Gasteiger partial charge in [-0.3, -0.25) is 14.5 Å². The van der Waals surface area contributed by atoms with Crippen LogP contribution >= 0.6 is 0 Å². The zero-order valence-corrected chi connectivity index (χ0v) is 21.1. The predicted molar refractivity (Wildman–Crippen MR) is 138 cm³/mol. The number of ether oxygens (including phenoxy) is 4. The monoisotopic (exact) mass is 508 g/mol. The molecule has 2 aliphatic rings. The predicted octanol–water partition coefficient (Wildman–Crippen LogP) is 3.02. The van der Waals surface area contributed by atoms with Crippen LogP contribution in [0.2, 0.25) is 0 Å². The SMILES string of the molecule is C=CCOc1ccc(/C(O)=C2/C(=O)C(=O)N(CCN3CCOCC3)C2c2ccc(OC)cc2OC)cc1. The summed E-state index contributed by atoms with van der Waals surface area (Å²) in [6.45, 7) is 7.60. The van der Waals surface area contributed by atoms with E-state index in [2.05, 4.69) is 11.5 Å². The Kier molecular flexibility index (Phi) is 8.47. The van der Waals surface area contributed by atoms with Crippen LogP contribution in [0.25, 0.3) is 5.76 Å². The molecule has 0 saturated carbocycles. The van der Waals surface area contributed by atoms with Gasteiger partial charge in [0.2, 0.25) is 0 Å². The summed E-state index contributed by atoms with van der Waals surface area (Å²) in [7, 11) is 3.06. The van der Waals surface area contributed by atoms with Crippen LogP contribution in [-0.4, -0.2) is 86.8 Å². The molecule has 2 aliphatic heterocycles. The molecule has 9 nitrogen and oxygen atoms in total. The minimum absolute atomic E-state index is 0.00945. The van der Waals surface area contributed by atoms with Crippen molar-refractivity contribution in [3.8, 4) is 17.2 Å². The fourth-order valence-electron chi connectivity index (χ4n) is 4.57. The summed E-state index contributed by atoms with van der Waals surface area (Å²) < 4.78 is 21.9. The van der Waals surface area contributed by atoms with Crippen molar-refractivity contribution >= 4 is 17.4 Å². The number of likely N-dealkylation sites (tertiary alicyclic amines) is 1. The Balaban J connectivity index is 1.75. The number of morpholine rings is 1. The fraction of sp³-hybridized carbons (Fsp3) is 0.357. The number of hydrogen-bond acceptors (Lipinski definition) is 8. The Morgan fingerprint density at radius 2 is 1.76 bits per heavy atom. The summed E-state index contributed by atoms with van der Waals surface area (Å²) in [6.07, 6.45) is 1.63. The third-order valence-corrected chi connectivity index (χ3v) is 6.53. The van der Waals surface area contributed by atoms with Crippen molar-refractivity contribution in [1.29, 1.82) is 0 Å². The topological polar surface area (TPSA) is 97.8 Å². The van der Waals surface area contributed by atoms with Gasteiger partial charge in [0.05, 0.1) is 39.0 Å². The summed E-state index contributed by atoms with van der Waals surface area (Å²) in [4.78, 5) is 30.3. The number of carbonyl (C=O) groups is 2. The molecule has 0 radical (unpaired) electrons. The van der Waals surface area contributed by atoms with Crippen molar-refractivity contribution in [3.05, 3.63) is 71.8 Å². The van der Waals surface area contributed by atoms with Crippen molar-refractivity contribution in [2.45, 2.75) is 6.04 Å². The lowest BCUT2D eigenvalue weighted by Gasteiger charge is -2.31. The van der Waals surface area contributed by atoms with Crippen molar-refractivity contribution in [3.63, 3.8) is 0 Å². The van der Waals surface area contributed by atoms with Gasteiger partial charge >= 0.3 is 0 Å². The highest BCUT2D eigenvalue weighted by atomic mass is 16.5. The van der Waals surface area contributed by atoms with Gasteiger partial charge < -0.3 is 29.0 Å². The van der Waals surface area contributed by atoms with Gasteiger partial charge in [-0.1, -0.05) is 12.7 Å². The first-order valence-electron chi connectivity index (χ1n) is 12.1. The maximum absolute atomic E-state index is 13.4. The van der Waals surface area contributed by atoms with Crippen LogP contribution in [0.15, 0.2) is 60.7 Å². The van der Waals surface area contributed by atoms with Crippen LogP contribution < -0.4 is 14.2 Å². The first-order valence-corrected chi connectivity index (χ1v) is 12.1. The van der Waals surface area contributed by atoms with E-state index in [1.807, 2.05) is 0 Å². The third-order valence-electron chi connectivity index (χ3n) is 6.53. The first kappa shape index (κ1) is 26.2. The minimum Gasteiger partial charge on any atom is -0.507 e. The summed E-state index contributed by atoms with van der Waals surface area (Å²) in [6, 6.07) is 11.0. The van der Waals surface area contributed by atoms with E-state index < -0.39 is 17.7 Å². The van der Waals surface area contributed by atoms with Crippen LogP contribution in [0.4, 0.5) is 0 Å². The Morgan fingerprint density at radius 3 is 2.41 bits per heavy atom. The van der Waals surface area contributed by atoms with Gasteiger partial charge in [0.15, 0.2) is 0 Å². The second kappa shape index (κ2) is 11.9. The standard InChI is InChI=1S/C28H32N2O7/c1-4-15-37-20-7-5-19(6-8-20)26(31)24-25(22-10-9-21(34-2)18-23(22)35-3)30(28(33)27(24)32)12-11-29-13-16-36-17-14-29/h4-10,18,25,31H,1,11-17H2,2-3H3/b26-24-. The van der Waals surface area contributed by atoms with Crippen molar-refractivity contribution < 1.29 is 33.6 Å². The van der Waals surface area contributed by atoms with Gasteiger partial charge in [-0.15, -0.1) is 0 Å². The molecule has 9 heteroatoms. The van der Waals surface area contributed by atoms with Crippen LogP contribution in [0, 0.1) is 0 Å².